The summed E-state index contributed by atoms with van der Waals surface area (Å²) in [4.78, 5) is 8.74. The van der Waals surface area contributed by atoms with Gasteiger partial charge >= 0.3 is 0 Å². The highest BCUT2D eigenvalue weighted by atomic mass is 35.5. The van der Waals surface area contributed by atoms with E-state index >= 15 is 0 Å². The number of benzene rings is 1. The fraction of sp³-hybridized carbons (Fsp3) is 0.231. The van der Waals surface area contributed by atoms with E-state index in [2.05, 4.69) is 20.7 Å². The molecule has 1 aromatic heterocycles. The number of rotatable bonds is 4. The Hall–Kier alpha value is -1.85. The Bertz CT molecular complexity index is 571. The fourth-order valence-corrected chi connectivity index (χ4v) is 1.77. The van der Waals surface area contributed by atoms with E-state index in [9.17, 15) is 0 Å². The second-order valence-electron chi connectivity index (χ2n) is 4.43. The maximum Gasteiger partial charge on any atom is 0.145 e. The molecule has 100 valence electrons. The number of nitrogens with zero attached hydrogens (tertiary/aromatic N) is 2. The molecule has 5 nitrogen and oxygen atoms in total. The molecule has 0 amide bonds. The summed E-state index contributed by atoms with van der Waals surface area (Å²) in [6.07, 6.45) is 0. The Balaban J connectivity index is 2.31. The average Bonchev–Trinajstić information content (AvgIpc) is 2.38. The van der Waals surface area contributed by atoms with Gasteiger partial charge in [0.05, 0.1) is 0 Å². The molecule has 4 N–H and O–H groups in total. The predicted molar refractivity (Wildman–Crippen MR) is 78.7 cm³/mol. The van der Waals surface area contributed by atoms with Crippen molar-refractivity contribution < 1.29 is 0 Å². The van der Waals surface area contributed by atoms with Gasteiger partial charge in [-0.3, -0.25) is 0 Å². The lowest BCUT2D eigenvalue weighted by Crippen LogP contribution is -2.12. The molecule has 0 saturated heterocycles. The van der Waals surface area contributed by atoms with E-state index in [0.29, 0.717) is 16.7 Å². The summed E-state index contributed by atoms with van der Waals surface area (Å²) in [5, 5.41) is 3.85. The van der Waals surface area contributed by atoms with Crippen molar-refractivity contribution in [3.8, 4) is 0 Å². The van der Waals surface area contributed by atoms with Crippen molar-refractivity contribution in [2.75, 3.05) is 10.7 Å². The normalized spacial score (nSPS) is 10.6. The topological polar surface area (TPSA) is 75.9 Å². The van der Waals surface area contributed by atoms with Gasteiger partial charge in [-0.2, -0.15) is 0 Å². The van der Waals surface area contributed by atoms with Gasteiger partial charge in [-0.1, -0.05) is 31.5 Å². The van der Waals surface area contributed by atoms with Crippen molar-refractivity contribution >= 4 is 28.9 Å². The molecule has 0 aliphatic rings. The van der Waals surface area contributed by atoms with Crippen LogP contribution in [0.4, 0.5) is 17.3 Å². The summed E-state index contributed by atoms with van der Waals surface area (Å²) >= 11 is 5.95. The number of anilines is 3. The molecule has 0 aliphatic carbocycles. The first-order chi connectivity index (χ1) is 9.08. The second kappa shape index (κ2) is 5.86. The highest BCUT2D eigenvalue weighted by molar-refractivity contribution is 6.30. The fourth-order valence-electron chi connectivity index (χ4n) is 1.58. The number of hydrazine groups is 1. The van der Waals surface area contributed by atoms with Gasteiger partial charge in [0.25, 0.3) is 0 Å². The van der Waals surface area contributed by atoms with Crippen LogP contribution in [0.2, 0.25) is 5.02 Å². The summed E-state index contributed by atoms with van der Waals surface area (Å²) in [6, 6.07) is 9.18. The molecule has 2 rings (SSSR count). The Kier molecular flexibility index (Phi) is 4.19. The minimum Gasteiger partial charge on any atom is -0.340 e. The van der Waals surface area contributed by atoms with Crippen LogP contribution in [0.5, 0.6) is 0 Å². The summed E-state index contributed by atoms with van der Waals surface area (Å²) in [6.45, 7) is 4.05. The second-order valence-corrected chi connectivity index (χ2v) is 4.87. The van der Waals surface area contributed by atoms with Crippen LogP contribution in [0.15, 0.2) is 30.3 Å². The number of hydrogen-bond acceptors (Lipinski definition) is 5. The molecule has 0 fully saturated rings. The first-order valence-electron chi connectivity index (χ1n) is 5.96. The Morgan fingerprint density at radius 1 is 1.16 bits per heavy atom. The Morgan fingerprint density at radius 2 is 1.89 bits per heavy atom. The van der Waals surface area contributed by atoms with Gasteiger partial charge in [0.2, 0.25) is 0 Å². The molecule has 1 aromatic carbocycles. The van der Waals surface area contributed by atoms with Gasteiger partial charge in [-0.05, 0) is 18.2 Å². The standard InChI is InChI=1S/C13H16ClN5/c1-8(2)13-17-11(7-12(18-13)19-15)16-10-5-3-4-9(14)6-10/h3-8H,15H2,1-2H3,(H2,16,17,18,19). The zero-order valence-corrected chi connectivity index (χ0v) is 11.6. The first-order valence-corrected chi connectivity index (χ1v) is 6.34. The number of aromatic nitrogens is 2. The number of nitrogens with one attached hydrogen (secondary N) is 2. The maximum atomic E-state index is 5.95. The number of nitrogen functional groups attached to an aromatic ring is 1. The molecule has 0 bridgehead atoms. The van der Waals surface area contributed by atoms with Gasteiger partial charge in [0.15, 0.2) is 0 Å². The monoisotopic (exact) mass is 277 g/mol. The van der Waals surface area contributed by atoms with Crippen LogP contribution in [0.1, 0.15) is 25.6 Å². The van der Waals surface area contributed by atoms with E-state index in [1.54, 1.807) is 6.07 Å². The van der Waals surface area contributed by atoms with E-state index in [0.717, 1.165) is 11.5 Å². The van der Waals surface area contributed by atoms with Crippen LogP contribution in [0, 0.1) is 0 Å². The van der Waals surface area contributed by atoms with Crippen LogP contribution < -0.4 is 16.6 Å². The molecule has 0 radical (unpaired) electrons. The van der Waals surface area contributed by atoms with Crippen LogP contribution in [-0.4, -0.2) is 9.97 Å². The lowest BCUT2D eigenvalue weighted by atomic mass is 10.2. The molecular weight excluding hydrogens is 262 g/mol. The van der Waals surface area contributed by atoms with Crippen LogP contribution in [-0.2, 0) is 0 Å². The maximum absolute atomic E-state index is 5.95. The minimum absolute atomic E-state index is 0.216. The van der Waals surface area contributed by atoms with E-state index in [-0.39, 0.29) is 5.92 Å². The van der Waals surface area contributed by atoms with Gasteiger partial charge in [-0.15, -0.1) is 0 Å². The summed E-state index contributed by atoms with van der Waals surface area (Å²) in [5.41, 5.74) is 3.41. The van der Waals surface area contributed by atoms with E-state index in [4.69, 9.17) is 17.4 Å². The number of nitrogens with two attached hydrogens (primary N) is 1. The average molecular weight is 278 g/mol. The number of hydrogen-bond donors (Lipinski definition) is 3. The zero-order valence-electron chi connectivity index (χ0n) is 10.8. The van der Waals surface area contributed by atoms with Crippen molar-refractivity contribution in [1.82, 2.24) is 9.97 Å². The van der Waals surface area contributed by atoms with E-state index in [1.165, 1.54) is 0 Å². The molecule has 0 aliphatic heterocycles. The Labute approximate surface area is 117 Å². The molecule has 0 atom stereocenters. The molecule has 1 heterocycles. The highest BCUT2D eigenvalue weighted by Crippen LogP contribution is 2.22. The van der Waals surface area contributed by atoms with Gasteiger partial charge in [0, 0.05) is 22.7 Å². The van der Waals surface area contributed by atoms with Crippen LogP contribution in [0.25, 0.3) is 0 Å². The van der Waals surface area contributed by atoms with E-state index in [1.807, 2.05) is 38.1 Å². The van der Waals surface area contributed by atoms with Gasteiger partial charge < -0.3 is 10.7 Å². The zero-order chi connectivity index (χ0) is 13.8. The van der Waals surface area contributed by atoms with E-state index < -0.39 is 0 Å². The van der Waals surface area contributed by atoms with Gasteiger partial charge in [-0.25, -0.2) is 15.8 Å². The van der Waals surface area contributed by atoms with Crippen molar-refractivity contribution in [2.45, 2.75) is 19.8 Å². The molecule has 0 saturated carbocycles. The van der Waals surface area contributed by atoms with Crippen LogP contribution in [0.3, 0.4) is 0 Å². The molecule has 6 heteroatoms. The Morgan fingerprint density at radius 3 is 2.53 bits per heavy atom. The van der Waals surface area contributed by atoms with Gasteiger partial charge in [0.1, 0.15) is 17.5 Å². The number of halogens is 1. The SMILES string of the molecule is CC(C)c1nc(NN)cc(Nc2cccc(Cl)c2)n1. The molecule has 0 spiro atoms. The minimum atomic E-state index is 0.216. The van der Waals surface area contributed by atoms with Crippen molar-refractivity contribution in [2.24, 2.45) is 5.84 Å². The van der Waals surface area contributed by atoms with Crippen molar-refractivity contribution in [1.29, 1.82) is 0 Å². The lowest BCUT2D eigenvalue weighted by Gasteiger charge is -2.11. The third-order valence-electron chi connectivity index (χ3n) is 2.50. The lowest BCUT2D eigenvalue weighted by molar-refractivity contribution is 0.777. The summed E-state index contributed by atoms with van der Waals surface area (Å²) in [7, 11) is 0. The molecule has 19 heavy (non-hydrogen) atoms. The summed E-state index contributed by atoms with van der Waals surface area (Å²) < 4.78 is 0. The quantitative estimate of drug-likeness (QED) is 0.591. The summed E-state index contributed by atoms with van der Waals surface area (Å²) in [5.74, 6) is 7.60. The first kappa shape index (κ1) is 13.6. The third-order valence-corrected chi connectivity index (χ3v) is 2.74. The third kappa shape index (κ3) is 3.56. The molecule has 2 aromatic rings. The smallest absolute Gasteiger partial charge is 0.145 e. The van der Waals surface area contributed by atoms with Crippen molar-refractivity contribution in [3.05, 3.63) is 41.2 Å². The largest absolute Gasteiger partial charge is 0.340 e. The highest BCUT2D eigenvalue weighted by Gasteiger charge is 2.08. The van der Waals surface area contributed by atoms with Crippen LogP contribution >= 0.6 is 11.6 Å². The molecular formula is C13H16ClN5. The molecule has 0 unspecified atom stereocenters. The van der Waals surface area contributed by atoms with Crippen molar-refractivity contribution in [3.63, 3.8) is 0 Å². The predicted octanol–water partition coefficient (Wildman–Crippen LogP) is 3.28.